The Morgan fingerprint density at radius 3 is 2.54 bits per heavy atom. The predicted octanol–water partition coefficient (Wildman–Crippen LogP) is 3.07. The Morgan fingerprint density at radius 2 is 1.88 bits per heavy atom. The van der Waals surface area contributed by atoms with Crippen molar-refractivity contribution >= 4 is 11.6 Å². The van der Waals surface area contributed by atoms with E-state index < -0.39 is 0 Å². The van der Waals surface area contributed by atoms with E-state index in [0.717, 1.165) is 11.3 Å². The lowest BCUT2D eigenvalue weighted by Crippen LogP contribution is -2.32. The first-order valence-electron chi connectivity index (χ1n) is 7.60. The van der Waals surface area contributed by atoms with Crippen LogP contribution < -0.4 is 20.1 Å². The van der Waals surface area contributed by atoms with Crippen LogP contribution in [0.2, 0.25) is 0 Å². The molecule has 0 aliphatic carbocycles. The molecule has 2 aromatic carbocycles. The van der Waals surface area contributed by atoms with E-state index in [0.29, 0.717) is 30.4 Å². The summed E-state index contributed by atoms with van der Waals surface area (Å²) in [7, 11) is 4.88. The van der Waals surface area contributed by atoms with Gasteiger partial charge in [-0.25, -0.2) is 4.39 Å². The number of nitrogens with zero attached hydrogens (tertiary/aromatic N) is 1. The number of ether oxygens (including phenoxy) is 2. The maximum atomic E-state index is 13.2. The molecule has 2 aromatic rings. The molecule has 0 unspecified atom stereocenters. The second kappa shape index (κ2) is 8.76. The van der Waals surface area contributed by atoms with Crippen LogP contribution in [0.15, 0.2) is 47.5 Å². The smallest absolute Gasteiger partial charge is 0.195 e. The molecule has 2 N–H and O–H groups in total. The highest BCUT2D eigenvalue weighted by atomic mass is 19.1. The van der Waals surface area contributed by atoms with E-state index >= 15 is 0 Å². The molecule has 0 heterocycles. The number of guanidine groups is 1. The molecular weight excluding hydrogens is 309 g/mol. The summed E-state index contributed by atoms with van der Waals surface area (Å²) in [5, 5.41) is 6.38. The molecule has 128 valence electrons. The molecule has 0 saturated heterocycles. The van der Waals surface area contributed by atoms with Crippen LogP contribution in [0.5, 0.6) is 11.5 Å². The summed E-state index contributed by atoms with van der Waals surface area (Å²) < 4.78 is 23.7. The largest absolute Gasteiger partial charge is 0.493 e. The zero-order valence-electron chi connectivity index (χ0n) is 14.1. The number of anilines is 1. The molecule has 0 bridgehead atoms. The van der Waals surface area contributed by atoms with Gasteiger partial charge in [0.1, 0.15) is 5.82 Å². The summed E-state index contributed by atoms with van der Waals surface area (Å²) >= 11 is 0. The molecule has 0 amide bonds. The molecule has 0 atom stereocenters. The van der Waals surface area contributed by atoms with E-state index in [9.17, 15) is 4.39 Å². The molecule has 0 radical (unpaired) electrons. The highest BCUT2D eigenvalue weighted by Crippen LogP contribution is 2.29. The van der Waals surface area contributed by atoms with E-state index in [4.69, 9.17) is 9.47 Å². The number of rotatable bonds is 6. The first kappa shape index (κ1) is 17.6. The molecule has 0 fully saturated rings. The summed E-state index contributed by atoms with van der Waals surface area (Å²) in [6, 6.07) is 12.1. The van der Waals surface area contributed by atoms with Crippen molar-refractivity contribution < 1.29 is 13.9 Å². The average molecular weight is 331 g/mol. The number of halogens is 1. The van der Waals surface area contributed by atoms with Gasteiger partial charge in [-0.3, -0.25) is 4.99 Å². The average Bonchev–Trinajstić information content (AvgIpc) is 2.60. The quantitative estimate of drug-likeness (QED) is 0.631. The zero-order chi connectivity index (χ0) is 17.4. The molecule has 0 saturated carbocycles. The van der Waals surface area contributed by atoms with Gasteiger partial charge in [0, 0.05) is 25.3 Å². The fourth-order valence-corrected chi connectivity index (χ4v) is 2.25. The van der Waals surface area contributed by atoms with Crippen molar-refractivity contribution in [1.82, 2.24) is 5.32 Å². The highest BCUT2D eigenvalue weighted by Gasteiger charge is 2.06. The van der Waals surface area contributed by atoms with Crippen molar-refractivity contribution in [2.45, 2.75) is 6.42 Å². The van der Waals surface area contributed by atoms with Crippen molar-refractivity contribution in [3.05, 3.63) is 53.8 Å². The highest BCUT2D eigenvalue weighted by molar-refractivity contribution is 5.93. The van der Waals surface area contributed by atoms with E-state index in [1.807, 2.05) is 24.3 Å². The van der Waals surface area contributed by atoms with Crippen LogP contribution in [0.25, 0.3) is 0 Å². The molecule has 0 aliphatic heterocycles. The van der Waals surface area contributed by atoms with Gasteiger partial charge in [0.2, 0.25) is 0 Å². The first-order chi connectivity index (χ1) is 11.7. The fourth-order valence-electron chi connectivity index (χ4n) is 2.25. The van der Waals surface area contributed by atoms with Gasteiger partial charge < -0.3 is 20.1 Å². The van der Waals surface area contributed by atoms with Crippen LogP contribution in [0.3, 0.4) is 0 Å². The Morgan fingerprint density at radius 1 is 1.08 bits per heavy atom. The second-order valence-electron chi connectivity index (χ2n) is 5.07. The van der Waals surface area contributed by atoms with E-state index in [-0.39, 0.29) is 5.82 Å². The Labute approximate surface area is 141 Å². The van der Waals surface area contributed by atoms with Crippen LogP contribution >= 0.6 is 0 Å². The van der Waals surface area contributed by atoms with Gasteiger partial charge in [0.25, 0.3) is 0 Å². The van der Waals surface area contributed by atoms with Gasteiger partial charge in [0.05, 0.1) is 14.2 Å². The third kappa shape index (κ3) is 4.87. The minimum absolute atomic E-state index is 0.222. The van der Waals surface area contributed by atoms with Crippen molar-refractivity contribution in [2.75, 3.05) is 33.1 Å². The van der Waals surface area contributed by atoms with Crippen molar-refractivity contribution in [3.8, 4) is 11.5 Å². The molecule has 0 aromatic heterocycles. The summed E-state index contributed by atoms with van der Waals surface area (Å²) in [4.78, 5) is 4.18. The molecule has 5 nitrogen and oxygen atoms in total. The van der Waals surface area contributed by atoms with Gasteiger partial charge in [-0.2, -0.15) is 0 Å². The van der Waals surface area contributed by atoms with Crippen molar-refractivity contribution in [3.63, 3.8) is 0 Å². The molecule has 0 spiro atoms. The van der Waals surface area contributed by atoms with Gasteiger partial charge in [0.15, 0.2) is 17.5 Å². The molecule has 0 aliphatic rings. The van der Waals surface area contributed by atoms with E-state index in [1.54, 1.807) is 27.3 Å². The van der Waals surface area contributed by atoms with Crippen LogP contribution in [0, 0.1) is 5.82 Å². The molecule has 2 rings (SSSR count). The van der Waals surface area contributed by atoms with Gasteiger partial charge in [-0.1, -0.05) is 12.1 Å². The van der Waals surface area contributed by atoms with E-state index in [1.165, 1.54) is 12.1 Å². The maximum Gasteiger partial charge on any atom is 0.195 e. The Balaban J connectivity index is 1.92. The first-order valence-corrected chi connectivity index (χ1v) is 7.60. The van der Waals surface area contributed by atoms with Gasteiger partial charge in [-0.15, -0.1) is 0 Å². The molecule has 24 heavy (non-hydrogen) atoms. The minimum atomic E-state index is -0.222. The Kier molecular flexibility index (Phi) is 6.42. The second-order valence-corrected chi connectivity index (χ2v) is 5.07. The SMILES string of the molecule is CN=C(NCCc1cccc(F)c1)Nc1ccc(OC)c(OC)c1. The summed E-state index contributed by atoms with van der Waals surface area (Å²) in [6.07, 6.45) is 0.699. The summed E-state index contributed by atoms with van der Waals surface area (Å²) in [6.45, 7) is 0.635. The van der Waals surface area contributed by atoms with Crippen LogP contribution in [-0.2, 0) is 6.42 Å². The molecular formula is C18H22FN3O2. The third-order valence-electron chi connectivity index (χ3n) is 3.47. The van der Waals surface area contributed by atoms with Crippen molar-refractivity contribution in [1.29, 1.82) is 0 Å². The van der Waals surface area contributed by atoms with E-state index in [2.05, 4.69) is 15.6 Å². The third-order valence-corrected chi connectivity index (χ3v) is 3.47. The number of hydrogen-bond acceptors (Lipinski definition) is 3. The van der Waals surface area contributed by atoms with Gasteiger partial charge >= 0.3 is 0 Å². The lowest BCUT2D eigenvalue weighted by atomic mass is 10.1. The lowest BCUT2D eigenvalue weighted by Gasteiger charge is -2.14. The Bertz CT molecular complexity index is 704. The number of hydrogen-bond donors (Lipinski definition) is 2. The predicted molar refractivity (Wildman–Crippen MR) is 94.6 cm³/mol. The van der Waals surface area contributed by atoms with Crippen LogP contribution in [-0.4, -0.2) is 33.8 Å². The Hall–Kier alpha value is -2.76. The summed E-state index contributed by atoms with van der Waals surface area (Å²) in [5.74, 6) is 1.70. The monoisotopic (exact) mass is 331 g/mol. The number of benzene rings is 2. The van der Waals surface area contributed by atoms with Gasteiger partial charge in [-0.05, 0) is 36.2 Å². The number of methoxy groups -OCH3 is 2. The minimum Gasteiger partial charge on any atom is -0.493 e. The normalized spacial score (nSPS) is 11.1. The molecule has 6 heteroatoms. The lowest BCUT2D eigenvalue weighted by molar-refractivity contribution is 0.355. The van der Waals surface area contributed by atoms with Crippen LogP contribution in [0.4, 0.5) is 10.1 Å². The van der Waals surface area contributed by atoms with Crippen LogP contribution in [0.1, 0.15) is 5.56 Å². The van der Waals surface area contributed by atoms with Crippen molar-refractivity contribution in [2.24, 2.45) is 4.99 Å². The zero-order valence-corrected chi connectivity index (χ0v) is 14.1. The standard InChI is InChI=1S/C18H22FN3O2/c1-20-18(21-10-9-13-5-4-6-14(19)11-13)22-15-7-8-16(23-2)17(12-15)24-3/h4-8,11-12H,9-10H2,1-3H3,(H2,20,21,22). The topological polar surface area (TPSA) is 54.9 Å². The number of aliphatic imine (C=N–C) groups is 1. The summed E-state index contributed by atoms with van der Waals surface area (Å²) in [5.41, 5.74) is 1.76. The maximum absolute atomic E-state index is 13.2. The fraction of sp³-hybridized carbons (Fsp3) is 0.278. The number of nitrogens with one attached hydrogen (secondary N) is 2.